The highest BCUT2D eigenvalue weighted by Crippen LogP contribution is 2.41. The first kappa shape index (κ1) is 26.8. The minimum Gasteiger partial charge on any atom is -0.455 e. The Bertz CT molecular complexity index is 2520. The zero-order valence-corrected chi connectivity index (χ0v) is 25.1. The fourth-order valence-electron chi connectivity index (χ4n) is 6.18. The van der Waals surface area contributed by atoms with Gasteiger partial charge in [-0.3, -0.25) is 9.97 Å². The van der Waals surface area contributed by atoms with Crippen LogP contribution in [0.5, 0.6) is 0 Å². The molecule has 9 rings (SSSR count). The first-order chi connectivity index (χ1) is 23.3. The van der Waals surface area contributed by atoms with Gasteiger partial charge in [0.2, 0.25) is 0 Å². The monoisotopic (exact) mass is 603 g/mol. The van der Waals surface area contributed by atoms with Crippen LogP contribution in [-0.4, -0.2) is 24.9 Å². The molecule has 0 saturated heterocycles. The van der Waals surface area contributed by atoms with Crippen molar-refractivity contribution in [3.8, 4) is 56.7 Å². The maximum atomic E-state index is 6.60. The van der Waals surface area contributed by atoms with E-state index in [9.17, 15) is 0 Å². The molecule has 0 spiro atoms. The molecule has 5 aromatic carbocycles. The highest BCUT2D eigenvalue weighted by atomic mass is 16.3. The van der Waals surface area contributed by atoms with E-state index in [0.717, 1.165) is 71.9 Å². The zero-order valence-electron chi connectivity index (χ0n) is 25.1. The number of furan rings is 1. The lowest BCUT2D eigenvalue weighted by Gasteiger charge is -2.11. The minimum atomic E-state index is 0.588. The van der Waals surface area contributed by atoms with Gasteiger partial charge in [0.05, 0.1) is 11.1 Å². The molecule has 0 aliphatic rings. The van der Waals surface area contributed by atoms with E-state index in [1.807, 2.05) is 122 Å². The molecule has 0 radical (unpaired) electrons. The lowest BCUT2D eigenvalue weighted by Crippen LogP contribution is -2.00. The maximum Gasteiger partial charge on any atom is 0.164 e. The molecule has 0 saturated carbocycles. The van der Waals surface area contributed by atoms with Gasteiger partial charge in [-0.2, -0.15) is 0 Å². The van der Waals surface area contributed by atoms with E-state index in [4.69, 9.17) is 29.3 Å². The minimum absolute atomic E-state index is 0.588. The number of hydrogen-bond acceptors (Lipinski definition) is 6. The second-order valence-corrected chi connectivity index (χ2v) is 11.3. The number of hydrogen-bond donors (Lipinski definition) is 0. The predicted molar refractivity (Wildman–Crippen MR) is 187 cm³/mol. The van der Waals surface area contributed by atoms with Gasteiger partial charge in [0.25, 0.3) is 0 Å². The zero-order chi connectivity index (χ0) is 31.2. The Morgan fingerprint density at radius 1 is 0.447 bits per heavy atom. The average Bonchev–Trinajstić information content (AvgIpc) is 3.55. The molecule has 0 bridgehead atoms. The molecule has 0 atom stereocenters. The summed E-state index contributed by atoms with van der Waals surface area (Å²) < 4.78 is 6.60. The molecule has 0 unspecified atom stereocenters. The van der Waals surface area contributed by atoms with Gasteiger partial charge in [0.15, 0.2) is 17.5 Å². The Morgan fingerprint density at radius 3 is 1.79 bits per heavy atom. The second-order valence-electron chi connectivity index (χ2n) is 11.3. The lowest BCUT2D eigenvalue weighted by atomic mass is 9.99. The van der Waals surface area contributed by atoms with Crippen LogP contribution in [0.2, 0.25) is 0 Å². The van der Waals surface area contributed by atoms with E-state index in [1.54, 1.807) is 0 Å². The smallest absolute Gasteiger partial charge is 0.164 e. The van der Waals surface area contributed by atoms with Gasteiger partial charge in [-0.15, -0.1) is 0 Å². The third-order valence-corrected chi connectivity index (χ3v) is 8.43. The van der Waals surface area contributed by atoms with E-state index in [2.05, 4.69) is 30.3 Å². The van der Waals surface area contributed by atoms with Gasteiger partial charge in [0.1, 0.15) is 16.9 Å². The van der Waals surface area contributed by atoms with Crippen LogP contribution in [0.15, 0.2) is 156 Å². The molecule has 0 aliphatic heterocycles. The summed E-state index contributed by atoms with van der Waals surface area (Å²) in [5, 5.41) is 4.08. The van der Waals surface area contributed by atoms with Crippen LogP contribution < -0.4 is 0 Å². The summed E-state index contributed by atoms with van der Waals surface area (Å²) in [4.78, 5) is 24.6. The van der Waals surface area contributed by atoms with Crippen molar-refractivity contribution in [1.82, 2.24) is 24.9 Å². The Hall–Kier alpha value is -6.53. The summed E-state index contributed by atoms with van der Waals surface area (Å²) in [6, 6.07) is 46.6. The highest BCUT2D eigenvalue weighted by molar-refractivity contribution is 6.16. The molecule has 47 heavy (non-hydrogen) atoms. The molecule has 4 aromatic heterocycles. The summed E-state index contributed by atoms with van der Waals surface area (Å²) in [5.74, 6) is 1.83. The van der Waals surface area contributed by atoms with Crippen LogP contribution >= 0.6 is 0 Å². The van der Waals surface area contributed by atoms with Crippen molar-refractivity contribution >= 4 is 32.7 Å². The molecule has 0 aliphatic carbocycles. The van der Waals surface area contributed by atoms with Crippen LogP contribution in [-0.2, 0) is 0 Å². The molecular weight excluding hydrogens is 578 g/mol. The van der Waals surface area contributed by atoms with Gasteiger partial charge in [0, 0.05) is 45.4 Å². The number of rotatable bonds is 5. The van der Waals surface area contributed by atoms with E-state index in [-0.39, 0.29) is 0 Å². The molecular formula is C41H25N5O. The quantitative estimate of drug-likeness (QED) is 0.195. The number of nitrogens with zero attached hydrogens (tertiary/aromatic N) is 5. The fraction of sp³-hybridized carbons (Fsp3) is 0. The van der Waals surface area contributed by atoms with Gasteiger partial charge >= 0.3 is 0 Å². The number of benzene rings is 5. The summed E-state index contributed by atoms with van der Waals surface area (Å²) >= 11 is 0. The van der Waals surface area contributed by atoms with Crippen molar-refractivity contribution in [2.75, 3.05) is 0 Å². The maximum absolute atomic E-state index is 6.60. The van der Waals surface area contributed by atoms with Crippen LogP contribution in [0.1, 0.15) is 0 Å². The van der Waals surface area contributed by atoms with Crippen molar-refractivity contribution in [1.29, 1.82) is 0 Å². The fourth-order valence-corrected chi connectivity index (χ4v) is 6.18. The van der Waals surface area contributed by atoms with Crippen molar-refractivity contribution < 1.29 is 4.42 Å². The molecule has 0 amide bonds. The summed E-state index contributed by atoms with van der Waals surface area (Å²) in [7, 11) is 0. The third-order valence-electron chi connectivity index (χ3n) is 8.43. The van der Waals surface area contributed by atoms with Gasteiger partial charge in [-0.1, -0.05) is 121 Å². The topological polar surface area (TPSA) is 77.6 Å². The van der Waals surface area contributed by atoms with Gasteiger partial charge in [-0.05, 0) is 29.1 Å². The summed E-state index contributed by atoms with van der Waals surface area (Å²) in [6.45, 7) is 0. The van der Waals surface area contributed by atoms with E-state index in [0.29, 0.717) is 17.5 Å². The van der Waals surface area contributed by atoms with Crippen LogP contribution in [0.3, 0.4) is 0 Å². The Kier molecular flexibility index (Phi) is 6.35. The van der Waals surface area contributed by atoms with Gasteiger partial charge < -0.3 is 4.42 Å². The van der Waals surface area contributed by atoms with Crippen molar-refractivity contribution in [2.24, 2.45) is 0 Å². The number of aromatic nitrogens is 5. The third kappa shape index (κ3) is 4.71. The highest BCUT2D eigenvalue weighted by Gasteiger charge is 2.21. The Balaban J connectivity index is 1.24. The molecule has 0 N–H and O–H groups in total. The van der Waals surface area contributed by atoms with E-state index in [1.165, 1.54) is 0 Å². The Labute approximate surface area is 270 Å². The normalized spacial score (nSPS) is 11.4. The largest absolute Gasteiger partial charge is 0.455 e. The standard InChI is InChI=1S/C41H25N5O/c1-3-13-27(14-4-1)39-44-40(28-15-5-2-6-16-28)46-41(45-39)30-18-11-17-29(24-30)33-25-43-37(35-32-20-9-10-21-34(32)47-38(33)35)36-31-19-8-7-12-26(31)22-23-42-36/h1-25H. The SMILES string of the molecule is c1ccc(-c2nc(-c3ccccc3)nc(-c3cccc(-c4cnc(-c5nccc6ccccc56)c5c4oc4ccccc45)c3)n2)cc1. The second kappa shape index (κ2) is 11.1. The predicted octanol–water partition coefficient (Wildman–Crippen LogP) is 10.0. The molecule has 9 aromatic rings. The molecule has 6 nitrogen and oxygen atoms in total. The first-order valence-electron chi connectivity index (χ1n) is 15.4. The Morgan fingerprint density at radius 2 is 1.04 bits per heavy atom. The van der Waals surface area contributed by atoms with Crippen molar-refractivity contribution in [2.45, 2.75) is 0 Å². The summed E-state index contributed by atoms with van der Waals surface area (Å²) in [5.41, 5.74) is 7.71. The van der Waals surface area contributed by atoms with Crippen molar-refractivity contribution in [3.05, 3.63) is 152 Å². The molecule has 220 valence electrons. The average molecular weight is 604 g/mol. The first-order valence-corrected chi connectivity index (χ1v) is 15.4. The van der Waals surface area contributed by atoms with Crippen LogP contribution in [0, 0.1) is 0 Å². The number of fused-ring (bicyclic) bond motifs is 4. The van der Waals surface area contributed by atoms with Crippen LogP contribution in [0.4, 0.5) is 0 Å². The molecule has 6 heteroatoms. The number of pyridine rings is 2. The van der Waals surface area contributed by atoms with Crippen LogP contribution in [0.25, 0.3) is 89.4 Å². The number of para-hydroxylation sites is 1. The summed E-state index contributed by atoms with van der Waals surface area (Å²) in [6.07, 6.45) is 3.73. The van der Waals surface area contributed by atoms with E-state index >= 15 is 0 Å². The molecule has 0 fully saturated rings. The van der Waals surface area contributed by atoms with Crippen molar-refractivity contribution in [3.63, 3.8) is 0 Å². The lowest BCUT2D eigenvalue weighted by molar-refractivity contribution is 0.669. The van der Waals surface area contributed by atoms with E-state index < -0.39 is 0 Å². The van der Waals surface area contributed by atoms with Gasteiger partial charge in [-0.25, -0.2) is 15.0 Å². The molecule has 4 heterocycles.